The highest BCUT2D eigenvalue weighted by atomic mass is 79.9. The van der Waals surface area contributed by atoms with Crippen molar-refractivity contribution in [1.29, 1.82) is 0 Å². The van der Waals surface area contributed by atoms with Crippen molar-refractivity contribution in [3.63, 3.8) is 0 Å². The molecule has 16 heavy (non-hydrogen) atoms. The second kappa shape index (κ2) is 4.73. The Morgan fingerprint density at radius 2 is 2.06 bits per heavy atom. The molecule has 0 saturated heterocycles. The molecule has 1 aromatic carbocycles. The van der Waals surface area contributed by atoms with Gasteiger partial charge in [-0.25, -0.2) is 0 Å². The summed E-state index contributed by atoms with van der Waals surface area (Å²) >= 11 is 3.02. The van der Waals surface area contributed by atoms with Gasteiger partial charge in [-0.3, -0.25) is 4.79 Å². The van der Waals surface area contributed by atoms with Crippen molar-refractivity contribution in [2.24, 2.45) is 0 Å². The second-order valence-corrected chi connectivity index (χ2v) is 3.70. The average molecular weight is 298 g/mol. The third kappa shape index (κ3) is 3.73. The number of para-hydroxylation sites is 1. The van der Waals surface area contributed by atoms with Crippen LogP contribution >= 0.6 is 15.9 Å². The molecule has 0 saturated carbocycles. The Morgan fingerprint density at radius 1 is 1.44 bits per heavy atom. The van der Waals surface area contributed by atoms with Crippen LogP contribution in [0.25, 0.3) is 0 Å². The van der Waals surface area contributed by atoms with Crippen molar-refractivity contribution in [1.82, 2.24) is 0 Å². The molecular formula is C9H7BrF3NO2. The number of nitrogens with one attached hydrogen (secondary N) is 1. The van der Waals surface area contributed by atoms with Crippen LogP contribution in [0.1, 0.15) is 6.92 Å². The van der Waals surface area contributed by atoms with E-state index in [1.165, 1.54) is 19.1 Å². The third-order valence-electron chi connectivity index (χ3n) is 1.50. The van der Waals surface area contributed by atoms with E-state index in [2.05, 4.69) is 26.0 Å². The van der Waals surface area contributed by atoms with E-state index >= 15 is 0 Å². The summed E-state index contributed by atoms with van der Waals surface area (Å²) in [4.78, 5) is 10.8. The summed E-state index contributed by atoms with van der Waals surface area (Å²) in [7, 11) is 0. The molecule has 0 aliphatic rings. The van der Waals surface area contributed by atoms with E-state index in [0.717, 1.165) is 6.07 Å². The van der Waals surface area contributed by atoms with Gasteiger partial charge in [0, 0.05) is 11.4 Å². The molecule has 0 unspecified atom stereocenters. The molecule has 0 atom stereocenters. The Kier molecular flexibility index (Phi) is 3.79. The van der Waals surface area contributed by atoms with Gasteiger partial charge in [0.15, 0.2) is 5.75 Å². The summed E-state index contributed by atoms with van der Waals surface area (Å²) in [5.74, 6) is -0.948. The number of ether oxygens (including phenoxy) is 1. The summed E-state index contributed by atoms with van der Waals surface area (Å²) in [5.41, 5.74) is -0.0488. The van der Waals surface area contributed by atoms with Gasteiger partial charge in [0.25, 0.3) is 0 Å². The highest BCUT2D eigenvalue weighted by Gasteiger charge is 2.32. The summed E-state index contributed by atoms with van der Waals surface area (Å²) < 4.78 is 40.2. The molecule has 1 amide bonds. The molecule has 0 aliphatic heterocycles. The maximum absolute atomic E-state index is 12.0. The van der Waals surface area contributed by atoms with Crippen LogP contribution in [0.5, 0.6) is 5.75 Å². The van der Waals surface area contributed by atoms with Gasteiger partial charge in [-0.2, -0.15) is 0 Å². The van der Waals surface area contributed by atoms with Crippen molar-refractivity contribution in [2.45, 2.75) is 13.3 Å². The van der Waals surface area contributed by atoms with E-state index in [-0.39, 0.29) is 5.69 Å². The van der Waals surface area contributed by atoms with Crippen LogP contribution in [-0.4, -0.2) is 12.3 Å². The van der Waals surface area contributed by atoms with Crippen LogP contribution in [-0.2, 0) is 4.79 Å². The standard InChI is InChI=1S/C9H7BrF3NO2/c1-5(15)14-8-6(10)3-2-4-7(8)16-9(11,12)13/h2-4H,1H3,(H,14,15). The van der Waals surface area contributed by atoms with E-state index in [0.29, 0.717) is 4.47 Å². The molecule has 7 heteroatoms. The van der Waals surface area contributed by atoms with Crippen LogP contribution in [0, 0.1) is 0 Å². The molecule has 88 valence electrons. The lowest BCUT2D eigenvalue weighted by Crippen LogP contribution is -2.19. The van der Waals surface area contributed by atoms with E-state index in [1.54, 1.807) is 0 Å². The average Bonchev–Trinajstić information content (AvgIpc) is 2.08. The molecule has 0 heterocycles. The topological polar surface area (TPSA) is 38.3 Å². The zero-order chi connectivity index (χ0) is 12.3. The minimum Gasteiger partial charge on any atom is -0.404 e. The van der Waals surface area contributed by atoms with Gasteiger partial charge in [-0.05, 0) is 28.1 Å². The Labute approximate surface area is 97.7 Å². The first-order chi connectivity index (χ1) is 7.29. The summed E-state index contributed by atoms with van der Waals surface area (Å²) in [6.07, 6.45) is -4.80. The normalized spacial score (nSPS) is 11.1. The zero-order valence-corrected chi connectivity index (χ0v) is 9.65. The van der Waals surface area contributed by atoms with Crippen molar-refractivity contribution in [3.05, 3.63) is 22.7 Å². The molecule has 0 bridgehead atoms. The first-order valence-electron chi connectivity index (χ1n) is 4.11. The maximum Gasteiger partial charge on any atom is 0.573 e. The minimum atomic E-state index is -4.80. The van der Waals surface area contributed by atoms with Crippen LogP contribution in [0.3, 0.4) is 0 Å². The number of rotatable bonds is 2. The van der Waals surface area contributed by atoms with E-state index < -0.39 is 18.0 Å². The van der Waals surface area contributed by atoms with E-state index in [9.17, 15) is 18.0 Å². The quantitative estimate of drug-likeness (QED) is 0.909. The monoisotopic (exact) mass is 297 g/mol. The molecule has 1 aromatic rings. The molecule has 0 radical (unpaired) electrons. The molecule has 0 fully saturated rings. The van der Waals surface area contributed by atoms with Crippen molar-refractivity contribution in [3.8, 4) is 5.75 Å². The fourth-order valence-electron chi connectivity index (χ4n) is 1.01. The lowest BCUT2D eigenvalue weighted by Gasteiger charge is -2.14. The van der Waals surface area contributed by atoms with Gasteiger partial charge >= 0.3 is 6.36 Å². The SMILES string of the molecule is CC(=O)Nc1c(Br)cccc1OC(F)(F)F. The van der Waals surface area contributed by atoms with Crippen molar-refractivity contribution in [2.75, 3.05) is 5.32 Å². The summed E-state index contributed by atoms with van der Waals surface area (Å²) in [6, 6.07) is 3.98. The molecule has 1 N–H and O–H groups in total. The van der Waals surface area contributed by atoms with Gasteiger partial charge in [0.2, 0.25) is 5.91 Å². The highest BCUT2D eigenvalue weighted by molar-refractivity contribution is 9.10. The number of amides is 1. The zero-order valence-electron chi connectivity index (χ0n) is 8.06. The molecular weight excluding hydrogens is 291 g/mol. The lowest BCUT2D eigenvalue weighted by molar-refractivity contribution is -0.274. The number of anilines is 1. The smallest absolute Gasteiger partial charge is 0.404 e. The lowest BCUT2D eigenvalue weighted by atomic mass is 10.3. The van der Waals surface area contributed by atoms with Crippen LogP contribution in [0.4, 0.5) is 18.9 Å². The fraction of sp³-hybridized carbons (Fsp3) is 0.222. The largest absolute Gasteiger partial charge is 0.573 e. The minimum absolute atomic E-state index is 0.0488. The van der Waals surface area contributed by atoms with Gasteiger partial charge in [0.1, 0.15) is 0 Å². The molecule has 0 aliphatic carbocycles. The maximum atomic E-state index is 12.0. The highest BCUT2D eigenvalue weighted by Crippen LogP contribution is 2.35. The van der Waals surface area contributed by atoms with Gasteiger partial charge in [0.05, 0.1) is 5.69 Å². The van der Waals surface area contributed by atoms with E-state index in [4.69, 9.17) is 0 Å². The first kappa shape index (κ1) is 12.8. The van der Waals surface area contributed by atoms with Gasteiger partial charge < -0.3 is 10.1 Å². The Morgan fingerprint density at radius 3 is 2.56 bits per heavy atom. The predicted octanol–water partition coefficient (Wildman–Crippen LogP) is 3.31. The number of carbonyl (C=O) groups is 1. The van der Waals surface area contributed by atoms with Crippen molar-refractivity contribution >= 4 is 27.5 Å². The van der Waals surface area contributed by atoms with Gasteiger partial charge in [-0.1, -0.05) is 6.07 Å². The number of carbonyl (C=O) groups excluding carboxylic acids is 1. The van der Waals surface area contributed by atoms with Crippen molar-refractivity contribution < 1.29 is 22.7 Å². The molecule has 0 aromatic heterocycles. The van der Waals surface area contributed by atoms with Gasteiger partial charge in [-0.15, -0.1) is 13.2 Å². The molecule has 0 spiro atoms. The Balaban J connectivity index is 3.07. The number of hydrogen-bond donors (Lipinski definition) is 1. The van der Waals surface area contributed by atoms with E-state index in [1.807, 2.05) is 0 Å². The third-order valence-corrected chi connectivity index (χ3v) is 2.16. The number of hydrogen-bond acceptors (Lipinski definition) is 2. The molecule has 1 rings (SSSR count). The fourth-order valence-corrected chi connectivity index (χ4v) is 1.46. The Hall–Kier alpha value is -1.24. The summed E-state index contributed by atoms with van der Waals surface area (Å²) in [5, 5.41) is 2.25. The second-order valence-electron chi connectivity index (χ2n) is 2.84. The predicted molar refractivity (Wildman–Crippen MR) is 55.1 cm³/mol. The van der Waals surface area contributed by atoms with Crippen LogP contribution < -0.4 is 10.1 Å². The number of halogens is 4. The molecule has 3 nitrogen and oxygen atoms in total. The first-order valence-corrected chi connectivity index (χ1v) is 4.91. The van der Waals surface area contributed by atoms with Crippen LogP contribution in [0.15, 0.2) is 22.7 Å². The van der Waals surface area contributed by atoms with Crippen LogP contribution in [0.2, 0.25) is 0 Å². The number of benzene rings is 1. The summed E-state index contributed by atoms with van der Waals surface area (Å²) in [6.45, 7) is 1.19. The Bertz CT molecular complexity index is 406. The number of alkyl halides is 3.